The summed E-state index contributed by atoms with van der Waals surface area (Å²) in [6, 6.07) is 0.478. The number of hydrogen-bond donors (Lipinski definition) is 2. The Kier molecular flexibility index (Phi) is 7.41. The second kappa shape index (κ2) is 8.08. The fourth-order valence-corrected chi connectivity index (χ4v) is 3.82. The number of ether oxygens (including phenoxy) is 1. The van der Waals surface area contributed by atoms with Crippen molar-refractivity contribution < 1.29 is 4.74 Å². The molecule has 0 radical (unpaired) electrons. The minimum absolute atomic E-state index is 0. The molecule has 4 nitrogen and oxygen atoms in total. The van der Waals surface area contributed by atoms with Crippen LogP contribution in [0.5, 0.6) is 0 Å². The monoisotopic (exact) mass is 413 g/mol. The summed E-state index contributed by atoms with van der Waals surface area (Å²) >= 11 is 1.89. The molecule has 0 amide bonds. The molecule has 1 aliphatic carbocycles. The van der Waals surface area contributed by atoms with E-state index in [4.69, 9.17) is 4.74 Å². The Labute approximate surface area is 144 Å². The lowest BCUT2D eigenvalue weighted by atomic mass is 9.57. The molecule has 118 valence electrons. The minimum Gasteiger partial charge on any atom is -0.377 e. The van der Waals surface area contributed by atoms with E-state index in [2.05, 4.69) is 35.7 Å². The molecule has 0 aromatic rings. The van der Waals surface area contributed by atoms with Gasteiger partial charge in [-0.1, -0.05) is 13.8 Å². The average Bonchev–Trinajstić information content (AvgIpc) is 2.84. The molecule has 3 atom stereocenters. The smallest absolute Gasteiger partial charge is 0.191 e. The first-order valence-electron chi connectivity index (χ1n) is 7.19. The van der Waals surface area contributed by atoms with E-state index in [9.17, 15) is 0 Å². The zero-order valence-corrected chi connectivity index (χ0v) is 16.1. The first-order chi connectivity index (χ1) is 9.11. The van der Waals surface area contributed by atoms with Crippen LogP contribution in [0.4, 0.5) is 0 Å². The molecule has 0 bridgehead atoms. The lowest BCUT2D eigenvalue weighted by Gasteiger charge is -2.54. The molecule has 0 aromatic carbocycles. The van der Waals surface area contributed by atoms with Crippen LogP contribution in [0.3, 0.4) is 0 Å². The molecule has 1 heterocycles. The Bertz CT molecular complexity index is 338. The molecule has 2 rings (SSSR count). The van der Waals surface area contributed by atoms with Crippen LogP contribution < -0.4 is 10.6 Å². The summed E-state index contributed by atoms with van der Waals surface area (Å²) in [4.78, 5) is 4.33. The van der Waals surface area contributed by atoms with E-state index in [1.807, 2.05) is 18.8 Å². The standard InChI is InChI=1S/C14H27N3OS.HI/c1-14(2)11(10-6-8-18-12(10)14)17-13(15-3)16-7-5-9-19-4;/h10-12H,5-9H2,1-4H3,(H2,15,16,17);1H. The Hall–Kier alpha value is 0.310. The Morgan fingerprint density at radius 2 is 2.20 bits per heavy atom. The van der Waals surface area contributed by atoms with Crippen LogP contribution in [0.15, 0.2) is 4.99 Å². The van der Waals surface area contributed by atoms with Gasteiger partial charge in [0.25, 0.3) is 0 Å². The van der Waals surface area contributed by atoms with Gasteiger partial charge < -0.3 is 15.4 Å². The van der Waals surface area contributed by atoms with Crippen LogP contribution in [-0.4, -0.2) is 50.3 Å². The van der Waals surface area contributed by atoms with Gasteiger partial charge in [0.05, 0.1) is 6.10 Å². The molecule has 1 saturated carbocycles. The van der Waals surface area contributed by atoms with Gasteiger partial charge in [-0.25, -0.2) is 0 Å². The highest BCUT2D eigenvalue weighted by Crippen LogP contribution is 2.51. The van der Waals surface area contributed by atoms with Crippen molar-refractivity contribution in [1.29, 1.82) is 0 Å². The van der Waals surface area contributed by atoms with Gasteiger partial charge in [0.2, 0.25) is 0 Å². The van der Waals surface area contributed by atoms with Crippen molar-refractivity contribution in [2.24, 2.45) is 16.3 Å². The summed E-state index contributed by atoms with van der Waals surface area (Å²) in [5.74, 6) is 2.78. The maximum absolute atomic E-state index is 5.82. The molecule has 1 saturated heterocycles. The van der Waals surface area contributed by atoms with Crippen molar-refractivity contribution in [3.63, 3.8) is 0 Å². The highest BCUT2D eigenvalue weighted by Gasteiger charge is 2.59. The molecule has 0 aromatic heterocycles. The van der Waals surface area contributed by atoms with Crippen LogP contribution in [0.1, 0.15) is 26.7 Å². The number of hydrogen-bond acceptors (Lipinski definition) is 3. The van der Waals surface area contributed by atoms with E-state index in [1.54, 1.807) is 0 Å². The van der Waals surface area contributed by atoms with E-state index in [0.29, 0.717) is 18.1 Å². The number of halogens is 1. The molecular formula is C14H28IN3OS. The van der Waals surface area contributed by atoms with Gasteiger partial charge in [-0.05, 0) is 24.9 Å². The van der Waals surface area contributed by atoms with E-state index >= 15 is 0 Å². The molecular weight excluding hydrogens is 385 g/mol. The normalized spacial score (nSPS) is 31.0. The topological polar surface area (TPSA) is 45.7 Å². The SMILES string of the molecule is CN=C(NCCCSC)NC1C2CCOC2C1(C)C.I. The molecule has 2 aliphatic rings. The lowest BCUT2D eigenvalue weighted by Crippen LogP contribution is -2.67. The van der Waals surface area contributed by atoms with Crippen molar-refractivity contribution in [3.05, 3.63) is 0 Å². The van der Waals surface area contributed by atoms with E-state index in [0.717, 1.165) is 19.1 Å². The predicted octanol–water partition coefficient (Wildman–Crippen LogP) is 2.34. The number of nitrogens with one attached hydrogen (secondary N) is 2. The molecule has 20 heavy (non-hydrogen) atoms. The van der Waals surface area contributed by atoms with Crippen LogP contribution in [0.25, 0.3) is 0 Å². The number of rotatable bonds is 5. The number of nitrogens with zero attached hydrogens (tertiary/aromatic N) is 1. The third-order valence-electron chi connectivity index (χ3n) is 4.43. The third-order valence-corrected chi connectivity index (χ3v) is 5.13. The van der Waals surface area contributed by atoms with Crippen LogP contribution in [-0.2, 0) is 4.74 Å². The summed E-state index contributed by atoms with van der Waals surface area (Å²) < 4.78 is 5.82. The quantitative estimate of drug-likeness (QED) is 0.314. The Morgan fingerprint density at radius 3 is 2.85 bits per heavy atom. The van der Waals surface area contributed by atoms with Crippen LogP contribution >= 0.6 is 35.7 Å². The number of thioether (sulfide) groups is 1. The van der Waals surface area contributed by atoms with E-state index in [-0.39, 0.29) is 29.4 Å². The molecule has 1 aliphatic heterocycles. The lowest BCUT2D eigenvalue weighted by molar-refractivity contribution is -0.106. The Morgan fingerprint density at radius 1 is 1.45 bits per heavy atom. The highest BCUT2D eigenvalue weighted by molar-refractivity contribution is 14.0. The number of fused-ring (bicyclic) bond motifs is 1. The number of aliphatic imine (C=N–C) groups is 1. The maximum atomic E-state index is 5.82. The minimum atomic E-state index is 0. The molecule has 3 unspecified atom stereocenters. The van der Waals surface area contributed by atoms with Crippen molar-refractivity contribution >= 4 is 41.7 Å². The van der Waals surface area contributed by atoms with Crippen molar-refractivity contribution in [1.82, 2.24) is 10.6 Å². The van der Waals surface area contributed by atoms with Gasteiger partial charge in [0.1, 0.15) is 0 Å². The maximum Gasteiger partial charge on any atom is 0.191 e. The summed E-state index contributed by atoms with van der Waals surface area (Å²) in [5, 5.41) is 7.00. The second-order valence-corrected chi connectivity index (χ2v) is 7.02. The summed E-state index contributed by atoms with van der Waals surface area (Å²) in [5.41, 5.74) is 0.206. The van der Waals surface area contributed by atoms with Crippen molar-refractivity contribution in [3.8, 4) is 0 Å². The summed E-state index contributed by atoms with van der Waals surface area (Å²) in [6.07, 6.45) is 4.92. The first kappa shape index (κ1) is 18.4. The van der Waals surface area contributed by atoms with Gasteiger partial charge in [-0.2, -0.15) is 11.8 Å². The molecule has 6 heteroatoms. The molecule has 2 N–H and O–H groups in total. The zero-order valence-electron chi connectivity index (χ0n) is 12.9. The van der Waals surface area contributed by atoms with Crippen LogP contribution in [0, 0.1) is 11.3 Å². The average molecular weight is 413 g/mol. The van der Waals surface area contributed by atoms with Gasteiger partial charge >= 0.3 is 0 Å². The summed E-state index contributed by atoms with van der Waals surface area (Å²) in [6.45, 7) is 6.48. The fraction of sp³-hybridized carbons (Fsp3) is 0.929. The van der Waals surface area contributed by atoms with Gasteiger partial charge in [-0.3, -0.25) is 4.99 Å². The van der Waals surface area contributed by atoms with Crippen molar-refractivity contribution in [2.75, 3.05) is 32.2 Å². The Balaban J connectivity index is 0.00000200. The van der Waals surface area contributed by atoms with Crippen molar-refractivity contribution in [2.45, 2.75) is 38.8 Å². The van der Waals surface area contributed by atoms with Gasteiger partial charge in [-0.15, -0.1) is 24.0 Å². The van der Waals surface area contributed by atoms with Crippen LogP contribution in [0.2, 0.25) is 0 Å². The largest absolute Gasteiger partial charge is 0.377 e. The predicted molar refractivity (Wildman–Crippen MR) is 98.3 cm³/mol. The molecule has 2 fully saturated rings. The first-order valence-corrected chi connectivity index (χ1v) is 8.58. The van der Waals surface area contributed by atoms with E-state index < -0.39 is 0 Å². The molecule has 0 spiro atoms. The third kappa shape index (κ3) is 3.74. The fourth-order valence-electron chi connectivity index (χ4n) is 3.38. The number of guanidine groups is 1. The van der Waals surface area contributed by atoms with Gasteiger partial charge in [0.15, 0.2) is 5.96 Å². The highest BCUT2D eigenvalue weighted by atomic mass is 127. The second-order valence-electron chi connectivity index (χ2n) is 6.03. The zero-order chi connectivity index (χ0) is 13.9. The summed E-state index contributed by atoms with van der Waals surface area (Å²) in [7, 11) is 1.85. The van der Waals surface area contributed by atoms with Gasteiger partial charge in [0, 0.05) is 37.6 Å². The van der Waals surface area contributed by atoms with E-state index in [1.165, 1.54) is 18.6 Å².